The summed E-state index contributed by atoms with van der Waals surface area (Å²) in [5.41, 5.74) is -0.448. The average molecular weight is 416 g/mol. The zero-order chi connectivity index (χ0) is 22.3. The zero-order valence-electron chi connectivity index (χ0n) is 16.5. The number of benzene rings is 2. The third-order valence-corrected chi connectivity index (χ3v) is 3.89. The van der Waals surface area contributed by atoms with Gasteiger partial charge in [0.05, 0.1) is 29.8 Å². The number of amides is 1. The largest absolute Gasteiger partial charge is 0.497 e. The summed E-state index contributed by atoms with van der Waals surface area (Å²) < 4.78 is 14.9. The molecule has 1 N–H and O–H groups in total. The molecule has 2 rings (SSSR count). The van der Waals surface area contributed by atoms with Gasteiger partial charge in [0, 0.05) is 17.8 Å². The van der Waals surface area contributed by atoms with Crippen molar-refractivity contribution in [1.82, 2.24) is 0 Å². The molecule has 0 aromatic heterocycles. The summed E-state index contributed by atoms with van der Waals surface area (Å²) in [6.45, 7) is 2.98. The molecule has 10 nitrogen and oxygen atoms in total. The van der Waals surface area contributed by atoms with E-state index < -0.39 is 34.6 Å². The monoisotopic (exact) mass is 416 g/mol. The number of rotatable bonds is 8. The number of methoxy groups -OCH3 is 1. The van der Waals surface area contributed by atoms with Crippen LogP contribution in [0.2, 0.25) is 0 Å². The molecule has 0 saturated heterocycles. The molecule has 0 spiro atoms. The maximum Gasteiger partial charge on any atom is 0.339 e. The molecule has 0 heterocycles. The number of esters is 2. The lowest BCUT2D eigenvalue weighted by Crippen LogP contribution is -2.30. The molecule has 1 unspecified atom stereocenters. The third kappa shape index (κ3) is 5.77. The van der Waals surface area contributed by atoms with E-state index >= 15 is 0 Å². The fraction of sp³-hybridized carbons (Fsp3) is 0.250. The van der Waals surface area contributed by atoms with Gasteiger partial charge in [-0.1, -0.05) is 0 Å². The SMILES string of the molecule is CCOC(=O)c1cc(C(=O)OC(C)C(=O)Nc2ccc(OC)cc2)cc([N+](=O)[O-])c1. The predicted molar refractivity (Wildman–Crippen MR) is 106 cm³/mol. The second kappa shape index (κ2) is 10.0. The molecule has 0 aliphatic heterocycles. The summed E-state index contributed by atoms with van der Waals surface area (Å²) in [4.78, 5) is 46.9. The Hall–Kier alpha value is -3.95. The van der Waals surface area contributed by atoms with Crippen molar-refractivity contribution in [2.45, 2.75) is 20.0 Å². The number of ether oxygens (including phenoxy) is 3. The number of nitro benzene ring substituents is 1. The maximum atomic E-state index is 12.4. The van der Waals surface area contributed by atoms with Gasteiger partial charge in [0.2, 0.25) is 0 Å². The quantitative estimate of drug-likeness (QED) is 0.394. The minimum atomic E-state index is -1.20. The summed E-state index contributed by atoms with van der Waals surface area (Å²) in [7, 11) is 1.51. The molecule has 1 atom stereocenters. The fourth-order valence-corrected chi connectivity index (χ4v) is 2.37. The highest BCUT2D eigenvalue weighted by atomic mass is 16.6. The Kier molecular flexibility index (Phi) is 7.45. The Morgan fingerprint density at radius 2 is 1.67 bits per heavy atom. The normalized spacial score (nSPS) is 11.2. The van der Waals surface area contributed by atoms with E-state index in [-0.39, 0.29) is 17.7 Å². The molecule has 0 radical (unpaired) electrons. The van der Waals surface area contributed by atoms with Crippen LogP contribution in [0.1, 0.15) is 34.6 Å². The van der Waals surface area contributed by atoms with Gasteiger partial charge in [-0.3, -0.25) is 14.9 Å². The third-order valence-electron chi connectivity index (χ3n) is 3.89. The van der Waals surface area contributed by atoms with Gasteiger partial charge in [-0.05, 0) is 44.2 Å². The molecular formula is C20H20N2O8. The van der Waals surface area contributed by atoms with E-state index in [0.29, 0.717) is 11.4 Å². The van der Waals surface area contributed by atoms with Crippen molar-refractivity contribution in [2.75, 3.05) is 19.0 Å². The van der Waals surface area contributed by atoms with Crippen molar-refractivity contribution in [3.8, 4) is 5.75 Å². The molecule has 0 aliphatic rings. The fourth-order valence-electron chi connectivity index (χ4n) is 2.37. The Morgan fingerprint density at radius 1 is 1.07 bits per heavy atom. The van der Waals surface area contributed by atoms with E-state index in [1.54, 1.807) is 31.2 Å². The molecule has 30 heavy (non-hydrogen) atoms. The number of non-ortho nitro benzene ring substituents is 1. The Labute approximate surface area is 171 Å². The summed E-state index contributed by atoms with van der Waals surface area (Å²) in [6.07, 6.45) is -1.20. The lowest BCUT2D eigenvalue weighted by molar-refractivity contribution is -0.384. The van der Waals surface area contributed by atoms with Gasteiger partial charge in [-0.25, -0.2) is 9.59 Å². The molecule has 0 saturated carbocycles. The van der Waals surface area contributed by atoms with E-state index in [9.17, 15) is 24.5 Å². The summed E-state index contributed by atoms with van der Waals surface area (Å²) in [6, 6.07) is 9.57. The first-order valence-electron chi connectivity index (χ1n) is 8.87. The van der Waals surface area contributed by atoms with E-state index in [0.717, 1.165) is 18.2 Å². The Morgan fingerprint density at radius 3 is 2.20 bits per heavy atom. The van der Waals surface area contributed by atoms with E-state index in [2.05, 4.69) is 5.32 Å². The number of nitrogens with zero attached hydrogens (tertiary/aromatic N) is 1. The van der Waals surface area contributed by atoms with Crippen LogP contribution in [0.4, 0.5) is 11.4 Å². The minimum absolute atomic E-state index is 0.0594. The first kappa shape index (κ1) is 22.3. The van der Waals surface area contributed by atoms with E-state index in [4.69, 9.17) is 14.2 Å². The van der Waals surface area contributed by atoms with Gasteiger partial charge in [0.15, 0.2) is 6.10 Å². The number of hydrogen-bond donors (Lipinski definition) is 1. The van der Waals surface area contributed by atoms with Crippen molar-refractivity contribution < 1.29 is 33.5 Å². The molecule has 0 fully saturated rings. The lowest BCUT2D eigenvalue weighted by Gasteiger charge is -2.14. The van der Waals surface area contributed by atoms with Gasteiger partial charge in [-0.2, -0.15) is 0 Å². The molecule has 158 valence electrons. The highest BCUT2D eigenvalue weighted by Gasteiger charge is 2.23. The van der Waals surface area contributed by atoms with Crippen LogP contribution in [-0.2, 0) is 14.3 Å². The van der Waals surface area contributed by atoms with E-state index in [1.165, 1.54) is 14.0 Å². The summed E-state index contributed by atoms with van der Waals surface area (Å²) in [5.74, 6) is -1.82. The van der Waals surface area contributed by atoms with Crippen molar-refractivity contribution in [3.05, 3.63) is 63.7 Å². The van der Waals surface area contributed by atoms with Crippen LogP contribution >= 0.6 is 0 Å². The van der Waals surface area contributed by atoms with Gasteiger partial charge < -0.3 is 19.5 Å². The number of nitro groups is 1. The van der Waals surface area contributed by atoms with Crippen LogP contribution in [0, 0.1) is 10.1 Å². The standard InChI is InChI=1S/C20H20N2O8/c1-4-29-19(24)13-9-14(11-16(10-13)22(26)27)20(25)30-12(2)18(23)21-15-5-7-17(28-3)8-6-15/h5-12H,4H2,1-3H3,(H,21,23). The van der Waals surface area contributed by atoms with Crippen LogP contribution in [0.5, 0.6) is 5.75 Å². The smallest absolute Gasteiger partial charge is 0.339 e. The number of carbonyl (C=O) groups excluding carboxylic acids is 3. The molecule has 1 amide bonds. The average Bonchev–Trinajstić information content (AvgIpc) is 2.73. The molecule has 10 heteroatoms. The highest BCUT2D eigenvalue weighted by Crippen LogP contribution is 2.20. The van der Waals surface area contributed by atoms with Crippen LogP contribution in [0.3, 0.4) is 0 Å². The number of hydrogen-bond acceptors (Lipinski definition) is 8. The van der Waals surface area contributed by atoms with Crippen LogP contribution < -0.4 is 10.1 Å². The van der Waals surface area contributed by atoms with Crippen LogP contribution in [0.25, 0.3) is 0 Å². The summed E-state index contributed by atoms with van der Waals surface area (Å²) >= 11 is 0. The maximum absolute atomic E-state index is 12.4. The van der Waals surface area contributed by atoms with Crippen molar-refractivity contribution in [2.24, 2.45) is 0 Å². The molecule has 2 aromatic carbocycles. The topological polar surface area (TPSA) is 134 Å². The number of carbonyl (C=O) groups is 3. The second-order valence-corrected chi connectivity index (χ2v) is 6.01. The summed E-state index contributed by atoms with van der Waals surface area (Å²) in [5, 5.41) is 13.7. The first-order chi connectivity index (χ1) is 14.2. The lowest BCUT2D eigenvalue weighted by atomic mass is 10.1. The number of nitrogens with one attached hydrogen (secondary N) is 1. The van der Waals surface area contributed by atoms with Gasteiger partial charge in [0.25, 0.3) is 11.6 Å². The highest BCUT2D eigenvalue weighted by molar-refractivity contribution is 5.99. The molecule has 0 bridgehead atoms. The van der Waals surface area contributed by atoms with Gasteiger partial charge in [-0.15, -0.1) is 0 Å². The van der Waals surface area contributed by atoms with E-state index in [1.807, 2.05) is 0 Å². The van der Waals surface area contributed by atoms with Crippen molar-refractivity contribution in [3.63, 3.8) is 0 Å². The minimum Gasteiger partial charge on any atom is -0.497 e. The Bertz CT molecular complexity index is 956. The first-order valence-corrected chi connectivity index (χ1v) is 8.87. The Balaban J connectivity index is 2.13. The second-order valence-electron chi connectivity index (χ2n) is 6.01. The predicted octanol–water partition coefficient (Wildman–Crippen LogP) is 2.96. The molecule has 0 aliphatic carbocycles. The van der Waals surface area contributed by atoms with Crippen LogP contribution in [0.15, 0.2) is 42.5 Å². The zero-order valence-corrected chi connectivity index (χ0v) is 16.5. The van der Waals surface area contributed by atoms with Crippen LogP contribution in [-0.4, -0.2) is 42.6 Å². The van der Waals surface area contributed by atoms with Crippen molar-refractivity contribution in [1.29, 1.82) is 0 Å². The molecular weight excluding hydrogens is 396 g/mol. The van der Waals surface area contributed by atoms with Crippen molar-refractivity contribution >= 4 is 29.2 Å². The molecule has 2 aromatic rings. The number of anilines is 1. The van der Waals surface area contributed by atoms with Gasteiger partial charge >= 0.3 is 11.9 Å². The van der Waals surface area contributed by atoms with Gasteiger partial charge in [0.1, 0.15) is 5.75 Å².